The summed E-state index contributed by atoms with van der Waals surface area (Å²) in [6.45, 7) is 6.29. The second-order valence-corrected chi connectivity index (χ2v) is 8.20. The highest BCUT2D eigenvalue weighted by Crippen LogP contribution is 2.23. The number of ether oxygens (including phenoxy) is 1. The maximum atomic E-state index is 13.4. The number of nitrogens with zero attached hydrogens (tertiary/aromatic N) is 1. The molecule has 132 valence electrons. The summed E-state index contributed by atoms with van der Waals surface area (Å²) >= 11 is 7.75. The van der Waals surface area contributed by atoms with E-state index in [1.54, 1.807) is 48.3 Å². The molecule has 0 radical (unpaired) electrons. The summed E-state index contributed by atoms with van der Waals surface area (Å²) < 4.78 is 19.1. The van der Waals surface area contributed by atoms with E-state index < -0.39 is 17.5 Å². The Morgan fingerprint density at radius 3 is 2.71 bits per heavy atom. The van der Waals surface area contributed by atoms with Gasteiger partial charge in [-0.05, 0) is 61.9 Å². The quantitative estimate of drug-likeness (QED) is 0.530. The monoisotopic (exact) mass is 468 g/mol. The number of benzene rings is 1. The van der Waals surface area contributed by atoms with Gasteiger partial charge in [0.15, 0.2) is 0 Å². The molecule has 0 spiro atoms. The molecule has 1 N–H and O–H groups in total. The molecule has 1 saturated heterocycles. The van der Waals surface area contributed by atoms with E-state index in [1.807, 2.05) is 0 Å². The van der Waals surface area contributed by atoms with Gasteiger partial charge in [-0.15, -0.1) is 0 Å². The van der Waals surface area contributed by atoms with Gasteiger partial charge in [0.25, 0.3) is 5.91 Å². The van der Waals surface area contributed by atoms with Crippen molar-refractivity contribution in [2.75, 3.05) is 13.1 Å². The third kappa shape index (κ3) is 4.95. The topological polar surface area (TPSA) is 58.6 Å². The lowest BCUT2D eigenvalue weighted by Gasteiger charge is -2.24. The average Bonchev–Trinajstić information content (AvgIpc) is 2.89. The van der Waals surface area contributed by atoms with Crippen LogP contribution in [0.4, 0.5) is 9.18 Å². The van der Waals surface area contributed by atoms with E-state index in [4.69, 9.17) is 16.3 Å². The smallest absolute Gasteiger partial charge is 0.410 e. The van der Waals surface area contributed by atoms with Crippen molar-refractivity contribution in [2.24, 2.45) is 0 Å². The van der Waals surface area contributed by atoms with Crippen LogP contribution >= 0.6 is 34.2 Å². The molecule has 1 aromatic rings. The molecule has 2 amide bonds. The first-order chi connectivity index (χ1) is 11.1. The van der Waals surface area contributed by atoms with Crippen molar-refractivity contribution < 1.29 is 18.7 Å². The average molecular weight is 469 g/mol. The van der Waals surface area contributed by atoms with Crippen molar-refractivity contribution in [1.82, 2.24) is 10.2 Å². The van der Waals surface area contributed by atoms with Crippen molar-refractivity contribution in [1.29, 1.82) is 0 Å². The van der Waals surface area contributed by atoms with Gasteiger partial charge in [-0.2, -0.15) is 0 Å². The Labute approximate surface area is 159 Å². The Balaban J connectivity index is 1.97. The molecule has 24 heavy (non-hydrogen) atoms. The van der Waals surface area contributed by atoms with E-state index in [0.29, 0.717) is 23.1 Å². The number of carbonyl (C=O) groups is 2. The van der Waals surface area contributed by atoms with E-state index >= 15 is 0 Å². The normalized spacial score (nSPS) is 17.8. The Morgan fingerprint density at radius 2 is 2.08 bits per heavy atom. The number of halogens is 3. The Hall–Kier alpha value is -1.09. The molecule has 5 nitrogen and oxygen atoms in total. The highest BCUT2D eigenvalue weighted by atomic mass is 127. The zero-order valence-corrected chi connectivity index (χ0v) is 16.6. The summed E-state index contributed by atoms with van der Waals surface area (Å²) in [4.78, 5) is 25.9. The van der Waals surface area contributed by atoms with Gasteiger partial charge in [0.05, 0.1) is 10.6 Å². The lowest BCUT2D eigenvalue weighted by atomic mass is 10.2. The third-order valence-corrected chi connectivity index (χ3v) is 4.57. The number of carbonyl (C=O) groups excluding carboxylic acids is 2. The first-order valence-electron chi connectivity index (χ1n) is 7.50. The van der Waals surface area contributed by atoms with Crippen LogP contribution < -0.4 is 5.32 Å². The van der Waals surface area contributed by atoms with Crippen LogP contribution in [-0.4, -0.2) is 41.6 Å². The van der Waals surface area contributed by atoms with E-state index in [0.717, 1.165) is 6.07 Å². The van der Waals surface area contributed by atoms with Gasteiger partial charge in [-0.1, -0.05) is 11.6 Å². The minimum Gasteiger partial charge on any atom is -0.444 e. The van der Waals surface area contributed by atoms with Crippen molar-refractivity contribution in [3.8, 4) is 0 Å². The number of nitrogens with one attached hydrogen (secondary N) is 1. The molecule has 1 unspecified atom stereocenters. The summed E-state index contributed by atoms with van der Waals surface area (Å²) in [7, 11) is 0. The predicted octanol–water partition coefficient (Wildman–Crippen LogP) is 3.82. The lowest BCUT2D eigenvalue weighted by Crippen LogP contribution is -2.40. The fourth-order valence-corrected chi connectivity index (χ4v) is 3.03. The second kappa shape index (κ2) is 7.43. The third-order valence-electron chi connectivity index (χ3n) is 3.43. The van der Waals surface area contributed by atoms with Crippen LogP contribution in [0.5, 0.6) is 0 Å². The van der Waals surface area contributed by atoms with E-state index in [-0.39, 0.29) is 22.5 Å². The second-order valence-electron chi connectivity index (χ2n) is 6.63. The van der Waals surface area contributed by atoms with E-state index in [9.17, 15) is 14.0 Å². The van der Waals surface area contributed by atoms with Gasteiger partial charge in [0.1, 0.15) is 11.4 Å². The number of amides is 2. The highest BCUT2D eigenvalue weighted by Gasteiger charge is 2.31. The molecule has 8 heteroatoms. The van der Waals surface area contributed by atoms with Crippen LogP contribution in [0.1, 0.15) is 37.6 Å². The van der Waals surface area contributed by atoms with E-state index in [1.165, 1.54) is 6.07 Å². The van der Waals surface area contributed by atoms with Crippen LogP contribution in [0.2, 0.25) is 5.02 Å². The van der Waals surface area contributed by atoms with Crippen LogP contribution in [0.15, 0.2) is 12.1 Å². The lowest BCUT2D eigenvalue weighted by molar-refractivity contribution is 0.0290. The molecule has 0 saturated carbocycles. The molecule has 0 aromatic heterocycles. The predicted molar refractivity (Wildman–Crippen MR) is 97.8 cm³/mol. The molecule has 1 heterocycles. The molecule has 1 aromatic carbocycles. The summed E-state index contributed by atoms with van der Waals surface area (Å²) in [6.07, 6.45) is 0.231. The molecule has 1 fully saturated rings. The van der Waals surface area contributed by atoms with Gasteiger partial charge in [0, 0.05) is 22.7 Å². The van der Waals surface area contributed by atoms with Gasteiger partial charge >= 0.3 is 6.09 Å². The maximum Gasteiger partial charge on any atom is 0.410 e. The SMILES string of the molecule is CC(C)(C)OC(=O)N1CCC(NC(=O)c2cc(I)c(F)cc2Cl)C1. The van der Waals surface area contributed by atoms with Crippen molar-refractivity contribution in [2.45, 2.75) is 38.8 Å². The zero-order valence-electron chi connectivity index (χ0n) is 13.7. The fraction of sp³-hybridized carbons (Fsp3) is 0.500. The van der Waals surface area contributed by atoms with Gasteiger partial charge in [0.2, 0.25) is 0 Å². The molecule has 1 atom stereocenters. The maximum absolute atomic E-state index is 13.4. The summed E-state index contributed by atoms with van der Waals surface area (Å²) in [5.41, 5.74) is -0.338. The molecule has 0 bridgehead atoms. The number of likely N-dealkylation sites (tertiary alicyclic amines) is 1. The molecular weight excluding hydrogens is 450 g/mol. The van der Waals surface area contributed by atoms with E-state index in [2.05, 4.69) is 5.32 Å². The number of hydrogen-bond acceptors (Lipinski definition) is 3. The minimum absolute atomic E-state index is 0.0624. The Morgan fingerprint density at radius 1 is 1.42 bits per heavy atom. The molecule has 0 aliphatic carbocycles. The van der Waals surface area contributed by atoms with Crippen LogP contribution in [0, 0.1) is 9.39 Å². The molecular formula is C16H19ClFIN2O3. The van der Waals surface area contributed by atoms with Gasteiger partial charge in [-0.25, -0.2) is 9.18 Å². The molecule has 2 rings (SSSR count). The first-order valence-corrected chi connectivity index (χ1v) is 8.96. The number of hydrogen-bond donors (Lipinski definition) is 1. The molecule has 1 aliphatic heterocycles. The van der Waals surface area contributed by atoms with Crippen LogP contribution in [0.25, 0.3) is 0 Å². The van der Waals surface area contributed by atoms with Crippen LogP contribution in [0.3, 0.4) is 0 Å². The van der Waals surface area contributed by atoms with Crippen molar-refractivity contribution in [3.05, 3.63) is 32.1 Å². The highest BCUT2D eigenvalue weighted by molar-refractivity contribution is 14.1. The first kappa shape index (κ1) is 19.2. The number of rotatable bonds is 2. The standard InChI is InChI=1S/C16H19ClFIN2O3/c1-16(2,3)24-15(23)21-5-4-9(8-21)20-14(22)10-6-13(19)12(18)7-11(10)17/h6-7,9H,4-5,8H2,1-3H3,(H,20,22). The Kier molecular flexibility index (Phi) is 5.95. The van der Waals surface area contributed by atoms with Crippen LogP contribution in [-0.2, 0) is 4.74 Å². The fourth-order valence-electron chi connectivity index (χ4n) is 2.33. The van der Waals surface area contributed by atoms with Crippen molar-refractivity contribution >= 4 is 46.2 Å². The largest absolute Gasteiger partial charge is 0.444 e. The van der Waals surface area contributed by atoms with Gasteiger partial charge in [-0.3, -0.25) is 4.79 Å². The molecule has 1 aliphatic rings. The Bertz CT molecular complexity index is 663. The summed E-state index contributed by atoms with van der Waals surface area (Å²) in [5, 5.41) is 2.89. The summed E-state index contributed by atoms with van der Waals surface area (Å²) in [5.74, 6) is -0.844. The van der Waals surface area contributed by atoms with Gasteiger partial charge < -0.3 is 15.0 Å². The minimum atomic E-state index is -0.559. The summed E-state index contributed by atoms with van der Waals surface area (Å²) in [6, 6.07) is 2.34. The van der Waals surface area contributed by atoms with Crippen molar-refractivity contribution in [3.63, 3.8) is 0 Å². The zero-order chi connectivity index (χ0) is 18.1.